The van der Waals surface area contributed by atoms with Gasteiger partial charge in [-0.25, -0.2) is 9.37 Å². The number of piperazine rings is 1. The van der Waals surface area contributed by atoms with Gasteiger partial charge in [0.05, 0.1) is 0 Å². The van der Waals surface area contributed by atoms with Crippen LogP contribution < -0.4 is 10.1 Å². The van der Waals surface area contributed by atoms with Crippen LogP contribution in [0.4, 0.5) is 4.39 Å². The van der Waals surface area contributed by atoms with E-state index >= 15 is 0 Å². The molecular formula is C17H20FN3O3. The minimum absolute atomic E-state index is 0.0376. The minimum atomic E-state index is -0.375. The van der Waals surface area contributed by atoms with Crippen LogP contribution in [0, 0.1) is 5.82 Å². The molecule has 1 N–H and O–H groups in total. The number of hydrogen-bond acceptors (Lipinski definition) is 5. The van der Waals surface area contributed by atoms with Crippen LogP contribution in [0.25, 0.3) is 0 Å². The first-order valence-electron chi connectivity index (χ1n) is 8.01. The van der Waals surface area contributed by atoms with Crippen LogP contribution >= 0.6 is 0 Å². The Balaban J connectivity index is 1.59. The first-order valence-corrected chi connectivity index (χ1v) is 8.01. The van der Waals surface area contributed by atoms with E-state index in [4.69, 9.17) is 9.15 Å². The summed E-state index contributed by atoms with van der Waals surface area (Å²) in [6.07, 6.45) is 2.31. The van der Waals surface area contributed by atoms with E-state index in [-0.39, 0.29) is 29.9 Å². The standard InChI is InChI=1S/C17H20FN3O3/c1-2-13-9-21(7-6-19-13)17(22)15-10-24-16(20-15)11-23-14-5-3-4-12(18)8-14/h3-5,8,10,13,19H,2,6-7,9,11H2,1H3. The lowest BCUT2D eigenvalue weighted by Gasteiger charge is -2.32. The quantitative estimate of drug-likeness (QED) is 0.909. The first kappa shape index (κ1) is 16.4. The maximum Gasteiger partial charge on any atom is 0.275 e. The highest BCUT2D eigenvalue weighted by Crippen LogP contribution is 2.15. The van der Waals surface area contributed by atoms with E-state index in [0.717, 1.165) is 13.0 Å². The number of halogens is 1. The summed E-state index contributed by atoms with van der Waals surface area (Å²) in [6, 6.07) is 6.13. The van der Waals surface area contributed by atoms with Gasteiger partial charge in [-0.3, -0.25) is 4.79 Å². The fraction of sp³-hybridized carbons (Fsp3) is 0.412. The van der Waals surface area contributed by atoms with Gasteiger partial charge < -0.3 is 19.4 Å². The number of carbonyl (C=O) groups is 1. The van der Waals surface area contributed by atoms with Gasteiger partial charge >= 0.3 is 0 Å². The molecule has 0 spiro atoms. The van der Waals surface area contributed by atoms with E-state index < -0.39 is 0 Å². The predicted octanol–water partition coefficient (Wildman–Crippen LogP) is 2.22. The molecule has 1 aliphatic heterocycles. The third kappa shape index (κ3) is 3.91. The molecule has 3 rings (SSSR count). The smallest absolute Gasteiger partial charge is 0.275 e. The van der Waals surface area contributed by atoms with Gasteiger partial charge in [-0.2, -0.15) is 0 Å². The van der Waals surface area contributed by atoms with Crippen molar-refractivity contribution in [1.82, 2.24) is 15.2 Å². The van der Waals surface area contributed by atoms with Crippen molar-refractivity contribution in [3.05, 3.63) is 47.9 Å². The summed E-state index contributed by atoms with van der Waals surface area (Å²) in [5.74, 6) is 0.148. The monoisotopic (exact) mass is 333 g/mol. The average molecular weight is 333 g/mol. The summed E-state index contributed by atoms with van der Waals surface area (Å²) >= 11 is 0. The van der Waals surface area contributed by atoms with E-state index in [0.29, 0.717) is 24.9 Å². The Kier molecular flexibility index (Phi) is 5.10. The average Bonchev–Trinajstić information content (AvgIpc) is 3.08. The van der Waals surface area contributed by atoms with Gasteiger partial charge in [0.25, 0.3) is 5.91 Å². The van der Waals surface area contributed by atoms with E-state index in [1.54, 1.807) is 17.0 Å². The maximum absolute atomic E-state index is 13.1. The van der Waals surface area contributed by atoms with Gasteiger partial charge in [0.1, 0.15) is 17.8 Å². The number of rotatable bonds is 5. The Hall–Kier alpha value is -2.41. The molecule has 1 fully saturated rings. The zero-order chi connectivity index (χ0) is 16.9. The van der Waals surface area contributed by atoms with Crippen molar-refractivity contribution in [2.24, 2.45) is 0 Å². The molecule has 0 radical (unpaired) electrons. The molecule has 1 aliphatic rings. The second-order valence-corrected chi connectivity index (χ2v) is 5.68. The van der Waals surface area contributed by atoms with E-state index in [2.05, 4.69) is 17.2 Å². The molecule has 24 heavy (non-hydrogen) atoms. The maximum atomic E-state index is 13.1. The van der Waals surface area contributed by atoms with Crippen LogP contribution in [0.5, 0.6) is 5.75 Å². The van der Waals surface area contributed by atoms with Crippen molar-refractivity contribution in [2.45, 2.75) is 26.0 Å². The number of nitrogens with one attached hydrogen (secondary N) is 1. The van der Waals surface area contributed by atoms with Crippen LogP contribution in [0.15, 0.2) is 34.9 Å². The molecule has 1 amide bonds. The lowest BCUT2D eigenvalue weighted by molar-refractivity contribution is 0.0695. The molecule has 0 aliphatic carbocycles. The van der Waals surface area contributed by atoms with E-state index in [1.165, 1.54) is 18.4 Å². The Morgan fingerprint density at radius 2 is 2.42 bits per heavy atom. The molecule has 0 bridgehead atoms. The Morgan fingerprint density at radius 1 is 1.54 bits per heavy atom. The molecular weight excluding hydrogens is 313 g/mol. The topological polar surface area (TPSA) is 67.6 Å². The van der Waals surface area contributed by atoms with Gasteiger partial charge in [0.15, 0.2) is 12.3 Å². The van der Waals surface area contributed by atoms with Crippen LogP contribution in [0.2, 0.25) is 0 Å². The Labute approximate surface area is 139 Å². The zero-order valence-electron chi connectivity index (χ0n) is 13.5. The second kappa shape index (κ2) is 7.44. The number of carbonyl (C=O) groups excluding carboxylic acids is 1. The number of hydrogen-bond donors (Lipinski definition) is 1. The number of ether oxygens (including phenoxy) is 1. The van der Waals surface area contributed by atoms with Crippen molar-refractivity contribution >= 4 is 5.91 Å². The molecule has 1 aromatic heterocycles. The number of aromatic nitrogens is 1. The van der Waals surface area contributed by atoms with Crippen LogP contribution in [-0.2, 0) is 6.61 Å². The highest BCUT2D eigenvalue weighted by Gasteiger charge is 2.25. The van der Waals surface area contributed by atoms with Gasteiger partial charge in [-0.1, -0.05) is 13.0 Å². The molecule has 1 unspecified atom stereocenters. The van der Waals surface area contributed by atoms with Gasteiger partial charge in [-0.15, -0.1) is 0 Å². The fourth-order valence-corrected chi connectivity index (χ4v) is 2.62. The van der Waals surface area contributed by atoms with Crippen LogP contribution in [0.1, 0.15) is 29.7 Å². The molecule has 1 aromatic carbocycles. The molecule has 6 nitrogen and oxygen atoms in total. The van der Waals surface area contributed by atoms with Crippen molar-refractivity contribution in [3.8, 4) is 5.75 Å². The largest absolute Gasteiger partial charge is 0.484 e. The summed E-state index contributed by atoms with van der Waals surface area (Å²) in [4.78, 5) is 18.4. The van der Waals surface area contributed by atoms with Crippen molar-refractivity contribution < 1.29 is 18.3 Å². The SMILES string of the molecule is CCC1CN(C(=O)c2coc(COc3cccc(F)c3)n2)CCN1. The Bertz CT molecular complexity index is 704. The summed E-state index contributed by atoms with van der Waals surface area (Å²) in [5, 5.41) is 3.36. The molecule has 0 saturated carbocycles. The fourth-order valence-electron chi connectivity index (χ4n) is 2.62. The normalized spacial score (nSPS) is 17.8. The predicted molar refractivity (Wildman–Crippen MR) is 85.2 cm³/mol. The van der Waals surface area contributed by atoms with Crippen LogP contribution in [0.3, 0.4) is 0 Å². The number of benzene rings is 1. The number of oxazole rings is 1. The summed E-state index contributed by atoms with van der Waals surface area (Å²) in [7, 11) is 0. The molecule has 2 heterocycles. The van der Waals surface area contributed by atoms with Crippen molar-refractivity contribution in [1.29, 1.82) is 0 Å². The van der Waals surface area contributed by atoms with Crippen LogP contribution in [-0.4, -0.2) is 41.5 Å². The molecule has 128 valence electrons. The lowest BCUT2D eigenvalue weighted by atomic mass is 10.1. The van der Waals surface area contributed by atoms with E-state index in [1.807, 2.05) is 0 Å². The highest BCUT2D eigenvalue weighted by atomic mass is 19.1. The van der Waals surface area contributed by atoms with Gasteiger partial charge in [0, 0.05) is 31.7 Å². The lowest BCUT2D eigenvalue weighted by Crippen LogP contribution is -2.52. The zero-order valence-corrected chi connectivity index (χ0v) is 13.5. The molecule has 1 saturated heterocycles. The number of amides is 1. The van der Waals surface area contributed by atoms with E-state index in [9.17, 15) is 9.18 Å². The summed E-state index contributed by atoms with van der Waals surface area (Å²) in [5.41, 5.74) is 0.268. The number of nitrogens with zero attached hydrogens (tertiary/aromatic N) is 2. The third-order valence-electron chi connectivity index (χ3n) is 3.96. The van der Waals surface area contributed by atoms with Crippen molar-refractivity contribution in [3.63, 3.8) is 0 Å². The molecule has 2 aromatic rings. The van der Waals surface area contributed by atoms with Gasteiger partial charge in [0.2, 0.25) is 5.89 Å². The Morgan fingerprint density at radius 3 is 3.21 bits per heavy atom. The van der Waals surface area contributed by atoms with Gasteiger partial charge in [-0.05, 0) is 18.6 Å². The minimum Gasteiger partial charge on any atom is -0.484 e. The first-order chi connectivity index (χ1) is 11.7. The highest BCUT2D eigenvalue weighted by molar-refractivity contribution is 5.92. The third-order valence-corrected chi connectivity index (χ3v) is 3.96. The summed E-state index contributed by atoms with van der Waals surface area (Å²) < 4.78 is 23.8. The molecule has 7 heteroatoms. The second-order valence-electron chi connectivity index (χ2n) is 5.68. The van der Waals surface area contributed by atoms with Crippen molar-refractivity contribution in [2.75, 3.05) is 19.6 Å². The molecule has 1 atom stereocenters. The summed E-state index contributed by atoms with van der Waals surface area (Å²) in [6.45, 7) is 4.21.